The first-order chi connectivity index (χ1) is 8.14. The van der Waals surface area contributed by atoms with Crippen LogP contribution in [-0.4, -0.2) is 16.4 Å². The molecule has 1 fully saturated rings. The highest BCUT2D eigenvalue weighted by Crippen LogP contribution is 2.38. The van der Waals surface area contributed by atoms with Crippen LogP contribution >= 0.6 is 27.7 Å². The average molecular weight is 314 g/mol. The monoisotopic (exact) mass is 313 g/mol. The predicted octanol–water partition coefficient (Wildman–Crippen LogP) is 3.81. The second-order valence-electron chi connectivity index (χ2n) is 4.47. The van der Waals surface area contributed by atoms with Gasteiger partial charge in [0.15, 0.2) is 0 Å². The van der Waals surface area contributed by atoms with Crippen molar-refractivity contribution in [3.63, 3.8) is 0 Å². The van der Waals surface area contributed by atoms with Gasteiger partial charge < -0.3 is 5.32 Å². The lowest BCUT2D eigenvalue weighted by molar-refractivity contribution is -0.118. The number of carbonyl (C=O) groups excluding carboxylic acids is 1. The van der Waals surface area contributed by atoms with Crippen LogP contribution in [0, 0.1) is 0 Å². The van der Waals surface area contributed by atoms with E-state index in [1.54, 1.807) is 11.8 Å². The van der Waals surface area contributed by atoms with Crippen molar-refractivity contribution < 1.29 is 4.79 Å². The Bertz CT molecular complexity index is 398. The molecule has 1 aliphatic rings. The van der Waals surface area contributed by atoms with E-state index < -0.39 is 0 Å². The van der Waals surface area contributed by atoms with Crippen LogP contribution in [0.5, 0.6) is 0 Å². The van der Waals surface area contributed by atoms with Gasteiger partial charge >= 0.3 is 0 Å². The van der Waals surface area contributed by atoms with Gasteiger partial charge in [0, 0.05) is 11.0 Å². The molecule has 1 atom stereocenters. The van der Waals surface area contributed by atoms with Crippen molar-refractivity contribution in [2.45, 2.75) is 29.8 Å². The maximum atomic E-state index is 12.1. The van der Waals surface area contributed by atoms with Gasteiger partial charge in [-0.2, -0.15) is 0 Å². The molecule has 2 nitrogen and oxygen atoms in total. The third kappa shape index (κ3) is 3.05. The minimum Gasteiger partial charge on any atom is -0.325 e. The van der Waals surface area contributed by atoms with E-state index in [4.69, 9.17) is 0 Å². The molecular formula is C13H16BrNOS. The zero-order valence-electron chi connectivity index (χ0n) is 9.83. The van der Waals surface area contributed by atoms with E-state index in [-0.39, 0.29) is 10.7 Å². The molecule has 17 heavy (non-hydrogen) atoms. The van der Waals surface area contributed by atoms with Crippen LogP contribution in [0.15, 0.2) is 24.3 Å². The van der Waals surface area contributed by atoms with Crippen LogP contribution in [0.25, 0.3) is 0 Å². The Morgan fingerprint density at radius 1 is 1.47 bits per heavy atom. The SMILES string of the molecule is CC1(C(=O)Nc2ccc(CBr)cc2)CCCS1. The van der Waals surface area contributed by atoms with Gasteiger partial charge in [0.1, 0.15) is 0 Å². The summed E-state index contributed by atoms with van der Waals surface area (Å²) < 4.78 is -0.242. The van der Waals surface area contributed by atoms with Crippen LogP contribution in [0.3, 0.4) is 0 Å². The Kier molecular flexibility index (Phi) is 4.15. The molecule has 1 N–H and O–H groups in total. The fourth-order valence-corrected chi connectivity index (χ4v) is 3.48. The molecule has 1 aliphatic heterocycles. The largest absolute Gasteiger partial charge is 0.325 e. The Labute approximate surface area is 115 Å². The molecule has 0 aliphatic carbocycles. The second kappa shape index (κ2) is 5.44. The van der Waals surface area contributed by atoms with Crippen LogP contribution in [-0.2, 0) is 10.1 Å². The van der Waals surface area contributed by atoms with E-state index in [1.807, 2.05) is 31.2 Å². The summed E-state index contributed by atoms with van der Waals surface area (Å²) in [6, 6.07) is 7.96. The van der Waals surface area contributed by atoms with Crippen molar-refractivity contribution in [2.24, 2.45) is 0 Å². The minimum absolute atomic E-state index is 0.131. The van der Waals surface area contributed by atoms with Crippen molar-refractivity contribution in [1.29, 1.82) is 0 Å². The van der Waals surface area contributed by atoms with E-state index in [9.17, 15) is 4.79 Å². The number of benzene rings is 1. The average Bonchev–Trinajstić information content (AvgIpc) is 2.78. The van der Waals surface area contributed by atoms with Crippen LogP contribution in [0.2, 0.25) is 0 Å². The van der Waals surface area contributed by atoms with Crippen molar-refractivity contribution >= 4 is 39.3 Å². The summed E-state index contributed by atoms with van der Waals surface area (Å²) in [5.41, 5.74) is 2.10. The molecule has 4 heteroatoms. The highest BCUT2D eigenvalue weighted by Gasteiger charge is 2.37. The number of hydrogen-bond donors (Lipinski definition) is 1. The first kappa shape index (κ1) is 13.0. The van der Waals surface area contributed by atoms with Crippen molar-refractivity contribution in [2.75, 3.05) is 11.1 Å². The summed E-state index contributed by atoms with van der Waals surface area (Å²) in [5.74, 6) is 1.22. The summed E-state index contributed by atoms with van der Waals surface area (Å²) in [4.78, 5) is 12.1. The topological polar surface area (TPSA) is 29.1 Å². The maximum absolute atomic E-state index is 12.1. The first-order valence-electron chi connectivity index (χ1n) is 5.74. The van der Waals surface area contributed by atoms with Gasteiger partial charge in [0.05, 0.1) is 4.75 Å². The van der Waals surface area contributed by atoms with Gasteiger partial charge in [-0.3, -0.25) is 4.79 Å². The van der Waals surface area contributed by atoms with Crippen LogP contribution < -0.4 is 5.32 Å². The van der Waals surface area contributed by atoms with Crippen LogP contribution in [0.1, 0.15) is 25.3 Å². The van der Waals surface area contributed by atoms with Crippen molar-refractivity contribution in [3.05, 3.63) is 29.8 Å². The first-order valence-corrected chi connectivity index (χ1v) is 7.85. The summed E-state index contributed by atoms with van der Waals surface area (Å²) in [6.45, 7) is 2.03. The zero-order valence-corrected chi connectivity index (χ0v) is 12.2. The van der Waals surface area contributed by atoms with Gasteiger partial charge in [-0.25, -0.2) is 0 Å². The Balaban J connectivity index is 2.02. The number of amides is 1. The van der Waals surface area contributed by atoms with E-state index in [0.29, 0.717) is 0 Å². The predicted molar refractivity (Wildman–Crippen MR) is 77.8 cm³/mol. The summed E-state index contributed by atoms with van der Waals surface area (Å²) in [6.07, 6.45) is 2.11. The summed E-state index contributed by atoms with van der Waals surface area (Å²) in [7, 11) is 0. The number of halogens is 1. The lowest BCUT2D eigenvalue weighted by Gasteiger charge is -2.21. The molecule has 0 bridgehead atoms. The molecule has 1 heterocycles. The standard InChI is InChI=1S/C13H16BrNOS/c1-13(7-2-8-17-13)12(16)15-11-5-3-10(9-14)4-6-11/h3-6H,2,7-9H2,1H3,(H,15,16). The lowest BCUT2D eigenvalue weighted by Crippen LogP contribution is -2.34. The third-order valence-electron chi connectivity index (χ3n) is 3.07. The number of nitrogens with one attached hydrogen (secondary N) is 1. The molecular weight excluding hydrogens is 298 g/mol. The van der Waals surface area contributed by atoms with E-state index in [0.717, 1.165) is 29.6 Å². The number of hydrogen-bond acceptors (Lipinski definition) is 2. The summed E-state index contributed by atoms with van der Waals surface area (Å²) in [5, 5.41) is 3.84. The molecule has 0 spiro atoms. The second-order valence-corrected chi connectivity index (χ2v) is 6.63. The van der Waals surface area contributed by atoms with Gasteiger partial charge in [-0.05, 0) is 43.2 Å². The Morgan fingerprint density at radius 2 is 2.18 bits per heavy atom. The zero-order chi connectivity index (χ0) is 12.3. The normalized spacial score (nSPS) is 23.6. The maximum Gasteiger partial charge on any atom is 0.240 e. The number of thioether (sulfide) groups is 1. The van der Waals surface area contributed by atoms with E-state index in [1.165, 1.54) is 5.56 Å². The fraction of sp³-hybridized carbons (Fsp3) is 0.462. The third-order valence-corrected chi connectivity index (χ3v) is 5.23. The highest BCUT2D eigenvalue weighted by atomic mass is 79.9. The molecule has 92 valence electrons. The Morgan fingerprint density at radius 3 is 2.71 bits per heavy atom. The number of rotatable bonds is 3. The summed E-state index contributed by atoms with van der Waals surface area (Å²) >= 11 is 5.16. The number of anilines is 1. The van der Waals surface area contributed by atoms with Crippen LogP contribution in [0.4, 0.5) is 5.69 Å². The van der Waals surface area contributed by atoms with E-state index >= 15 is 0 Å². The van der Waals surface area contributed by atoms with Gasteiger partial charge in [-0.1, -0.05) is 28.1 Å². The quantitative estimate of drug-likeness (QED) is 0.860. The van der Waals surface area contributed by atoms with E-state index in [2.05, 4.69) is 21.2 Å². The number of alkyl halides is 1. The highest BCUT2D eigenvalue weighted by molar-refractivity contribution is 9.08. The molecule has 1 saturated heterocycles. The minimum atomic E-state index is -0.242. The molecule has 0 radical (unpaired) electrons. The van der Waals surface area contributed by atoms with Gasteiger partial charge in [0.25, 0.3) is 0 Å². The molecule has 1 amide bonds. The lowest BCUT2D eigenvalue weighted by atomic mass is 10.0. The molecule has 0 aromatic heterocycles. The molecule has 1 unspecified atom stereocenters. The van der Waals surface area contributed by atoms with Crippen molar-refractivity contribution in [1.82, 2.24) is 0 Å². The molecule has 2 rings (SSSR count). The Hall–Kier alpha value is -0.480. The fourth-order valence-electron chi connectivity index (χ4n) is 1.90. The smallest absolute Gasteiger partial charge is 0.240 e. The molecule has 0 saturated carbocycles. The van der Waals surface area contributed by atoms with Gasteiger partial charge in [-0.15, -0.1) is 11.8 Å². The van der Waals surface area contributed by atoms with Crippen molar-refractivity contribution in [3.8, 4) is 0 Å². The number of carbonyl (C=O) groups is 1. The molecule has 1 aromatic carbocycles. The molecule has 1 aromatic rings. The van der Waals surface area contributed by atoms with Gasteiger partial charge in [0.2, 0.25) is 5.91 Å².